The number of carbonyl (C=O) groups is 1. The minimum atomic E-state index is 0.00308. The van der Waals surface area contributed by atoms with E-state index in [1.165, 1.54) is 11.3 Å². The number of anilines is 1. The molecule has 122 valence electrons. The standard InChI is InChI=1S/C16H19ClN4OS/c17-12-3-1-2-4-14(12)20-7-9-21(10-8-20)16(22)13-11-23-15(19-13)5-6-18/h1-4,11H,5-10,18H2. The monoisotopic (exact) mass is 350 g/mol. The lowest BCUT2D eigenvalue weighted by molar-refractivity contribution is 0.0741. The number of rotatable bonds is 4. The zero-order chi connectivity index (χ0) is 16.2. The van der Waals surface area contributed by atoms with E-state index in [9.17, 15) is 4.79 Å². The van der Waals surface area contributed by atoms with Gasteiger partial charge in [-0.25, -0.2) is 4.98 Å². The molecular weight excluding hydrogens is 332 g/mol. The number of para-hydroxylation sites is 1. The molecule has 0 atom stereocenters. The summed E-state index contributed by atoms with van der Waals surface area (Å²) < 4.78 is 0. The van der Waals surface area contributed by atoms with Crippen LogP contribution in [0, 0.1) is 0 Å². The summed E-state index contributed by atoms with van der Waals surface area (Å²) in [5, 5.41) is 3.50. The number of aromatic nitrogens is 1. The molecule has 0 unspecified atom stereocenters. The minimum Gasteiger partial charge on any atom is -0.367 e. The Morgan fingerprint density at radius 1 is 1.26 bits per heavy atom. The molecule has 1 saturated heterocycles. The fraction of sp³-hybridized carbons (Fsp3) is 0.375. The normalized spacial score (nSPS) is 15.0. The molecule has 5 nitrogen and oxygen atoms in total. The number of thiazole rings is 1. The van der Waals surface area contributed by atoms with Crippen LogP contribution in [0.3, 0.4) is 0 Å². The van der Waals surface area contributed by atoms with E-state index in [1.807, 2.05) is 34.5 Å². The van der Waals surface area contributed by atoms with E-state index in [4.69, 9.17) is 17.3 Å². The average Bonchev–Trinajstić information content (AvgIpc) is 3.04. The fourth-order valence-electron chi connectivity index (χ4n) is 2.67. The first-order valence-electron chi connectivity index (χ1n) is 7.62. The summed E-state index contributed by atoms with van der Waals surface area (Å²) in [5.41, 5.74) is 7.09. The van der Waals surface area contributed by atoms with E-state index in [0.717, 1.165) is 35.2 Å². The zero-order valence-corrected chi connectivity index (χ0v) is 14.3. The van der Waals surface area contributed by atoms with E-state index in [0.29, 0.717) is 25.3 Å². The van der Waals surface area contributed by atoms with E-state index in [-0.39, 0.29) is 5.91 Å². The number of piperazine rings is 1. The van der Waals surface area contributed by atoms with E-state index >= 15 is 0 Å². The summed E-state index contributed by atoms with van der Waals surface area (Å²) in [6, 6.07) is 7.81. The van der Waals surface area contributed by atoms with Crippen LogP contribution in [0.25, 0.3) is 0 Å². The Morgan fingerprint density at radius 2 is 2.00 bits per heavy atom. The van der Waals surface area contributed by atoms with Crippen molar-refractivity contribution in [2.45, 2.75) is 6.42 Å². The number of nitrogens with zero attached hydrogens (tertiary/aromatic N) is 3. The lowest BCUT2D eigenvalue weighted by Gasteiger charge is -2.36. The van der Waals surface area contributed by atoms with Crippen LogP contribution in [0.1, 0.15) is 15.5 Å². The highest BCUT2D eigenvalue weighted by atomic mass is 35.5. The highest BCUT2D eigenvalue weighted by Crippen LogP contribution is 2.26. The highest BCUT2D eigenvalue weighted by molar-refractivity contribution is 7.09. The van der Waals surface area contributed by atoms with Crippen LogP contribution in [0.5, 0.6) is 0 Å². The number of amides is 1. The maximum absolute atomic E-state index is 12.5. The molecule has 1 aromatic carbocycles. The number of hydrogen-bond donors (Lipinski definition) is 1. The zero-order valence-electron chi connectivity index (χ0n) is 12.7. The van der Waals surface area contributed by atoms with Gasteiger partial charge in [0.2, 0.25) is 0 Å². The molecule has 2 aromatic rings. The highest BCUT2D eigenvalue weighted by Gasteiger charge is 2.24. The summed E-state index contributed by atoms with van der Waals surface area (Å²) in [6.07, 6.45) is 0.720. The lowest BCUT2D eigenvalue weighted by atomic mass is 10.2. The molecule has 1 fully saturated rings. The summed E-state index contributed by atoms with van der Waals surface area (Å²) in [7, 11) is 0. The van der Waals surface area contributed by atoms with Crippen molar-refractivity contribution in [1.29, 1.82) is 0 Å². The van der Waals surface area contributed by atoms with Gasteiger partial charge in [-0.1, -0.05) is 23.7 Å². The van der Waals surface area contributed by atoms with Crippen molar-refractivity contribution in [1.82, 2.24) is 9.88 Å². The van der Waals surface area contributed by atoms with Gasteiger partial charge in [0.15, 0.2) is 0 Å². The van der Waals surface area contributed by atoms with Crippen LogP contribution in [-0.4, -0.2) is 48.5 Å². The van der Waals surface area contributed by atoms with Crippen molar-refractivity contribution in [3.63, 3.8) is 0 Å². The predicted molar refractivity (Wildman–Crippen MR) is 94.4 cm³/mol. The number of hydrogen-bond acceptors (Lipinski definition) is 5. The van der Waals surface area contributed by atoms with Crippen molar-refractivity contribution >= 4 is 34.5 Å². The summed E-state index contributed by atoms with van der Waals surface area (Å²) in [4.78, 5) is 21.0. The number of benzene rings is 1. The number of carbonyl (C=O) groups excluding carboxylic acids is 1. The molecule has 2 heterocycles. The molecule has 23 heavy (non-hydrogen) atoms. The van der Waals surface area contributed by atoms with Crippen molar-refractivity contribution in [2.75, 3.05) is 37.6 Å². The van der Waals surface area contributed by atoms with Gasteiger partial charge in [0.05, 0.1) is 15.7 Å². The van der Waals surface area contributed by atoms with E-state index < -0.39 is 0 Å². The molecule has 3 rings (SSSR count). The molecule has 0 spiro atoms. The van der Waals surface area contributed by atoms with Gasteiger partial charge in [-0.15, -0.1) is 11.3 Å². The third-order valence-electron chi connectivity index (χ3n) is 3.89. The second kappa shape index (κ2) is 7.29. The predicted octanol–water partition coefficient (Wildman–Crippen LogP) is 2.26. The number of halogens is 1. The quantitative estimate of drug-likeness (QED) is 0.918. The molecule has 0 bridgehead atoms. The molecule has 1 aliphatic heterocycles. The maximum atomic E-state index is 12.5. The molecule has 0 aliphatic carbocycles. The molecule has 1 amide bonds. The Balaban J connectivity index is 1.62. The van der Waals surface area contributed by atoms with Gasteiger partial charge >= 0.3 is 0 Å². The second-order valence-electron chi connectivity index (χ2n) is 5.40. The maximum Gasteiger partial charge on any atom is 0.273 e. The van der Waals surface area contributed by atoms with Crippen LogP contribution in [-0.2, 0) is 6.42 Å². The van der Waals surface area contributed by atoms with Gasteiger partial charge in [-0.3, -0.25) is 4.79 Å². The van der Waals surface area contributed by atoms with Crippen molar-refractivity contribution in [3.05, 3.63) is 45.4 Å². The largest absolute Gasteiger partial charge is 0.367 e. The molecule has 7 heteroatoms. The lowest BCUT2D eigenvalue weighted by Crippen LogP contribution is -2.49. The van der Waals surface area contributed by atoms with Crippen molar-refractivity contribution in [3.8, 4) is 0 Å². The minimum absolute atomic E-state index is 0.00308. The van der Waals surface area contributed by atoms with Gasteiger partial charge in [0.1, 0.15) is 5.69 Å². The third-order valence-corrected chi connectivity index (χ3v) is 5.12. The second-order valence-corrected chi connectivity index (χ2v) is 6.75. The summed E-state index contributed by atoms with van der Waals surface area (Å²) in [5.74, 6) is 0.00308. The van der Waals surface area contributed by atoms with Crippen molar-refractivity contribution in [2.24, 2.45) is 5.73 Å². The molecule has 0 radical (unpaired) electrons. The van der Waals surface area contributed by atoms with Gasteiger partial charge in [0, 0.05) is 38.0 Å². The van der Waals surface area contributed by atoms with Crippen LogP contribution in [0.15, 0.2) is 29.6 Å². The van der Waals surface area contributed by atoms with Crippen molar-refractivity contribution < 1.29 is 4.79 Å². The first-order chi connectivity index (χ1) is 11.2. The van der Waals surface area contributed by atoms with Crippen LogP contribution in [0.4, 0.5) is 5.69 Å². The third kappa shape index (κ3) is 3.65. The van der Waals surface area contributed by atoms with Gasteiger partial charge in [-0.05, 0) is 18.7 Å². The van der Waals surface area contributed by atoms with Crippen LogP contribution >= 0.6 is 22.9 Å². The van der Waals surface area contributed by atoms with Gasteiger partial charge in [-0.2, -0.15) is 0 Å². The Kier molecular flexibility index (Phi) is 5.15. The van der Waals surface area contributed by atoms with E-state index in [1.54, 1.807) is 0 Å². The Labute approximate surface area is 144 Å². The van der Waals surface area contributed by atoms with Crippen LogP contribution in [0.2, 0.25) is 5.02 Å². The molecule has 1 aromatic heterocycles. The average molecular weight is 351 g/mol. The SMILES string of the molecule is NCCc1nc(C(=O)N2CCN(c3ccccc3Cl)CC2)cs1. The molecule has 2 N–H and O–H groups in total. The Hall–Kier alpha value is -1.63. The first-order valence-corrected chi connectivity index (χ1v) is 8.88. The van der Waals surface area contributed by atoms with Gasteiger partial charge in [0.25, 0.3) is 5.91 Å². The first kappa shape index (κ1) is 16.2. The topological polar surface area (TPSA) is 62.5 Å². The smallest absolute Gasteiger partial charge is 0.273 e. The summed E-state index contributed by atoms with van der Waals surface area (Å²) in [6.45, 7) is 3.45. The molecule has 0 saturated carbocycles. The van der Waals surface area contributed by atoms with E-state index in [2.05, 4.69) is 9.88 Å². The van der Waals surface area contributed by atoms with Gasteiger partial charge < -0.3 is 15.5 Å². The fourth-order valence-corrected chi connectivity index (χ4v) is 3.71. The number of nitrogens with two attached hydrogens (primary N) is 1. The molecule has 1 aliphatic rings. The Bertz CT molecular complexity index is 682. The van der Waals surface area contributed by atoms with Crippen LogP contribution < -0.4 is 10.6 Å². The Morgan fingerprint density at radius 3 is 2.70 bits per heavy atom. The summed E-state index contributed by atoms with van der Waals surface area (Å²) >= 11 is 7.74. The molecular formula is C16H19ClN4OS.